The Kier molecular flexibility index (Phi) is 9.41. The molecule has 30 heavy (non-hydrogen) atoms. The summed E-state index contributed by atoms with van der Waals surface area (Å²) in [6, 6.07) is 5.99. The largest absolute Gasteiger partial charge is 1.00 e. The molecule has 0 saturated heterocycles. The van der Waals surface area contributed by atoms with Crippen molar-refractivity contribution in [2.45, 2.75) is 12.3 Å². The van der Waals surface area contributed by atoms with Gasteiger partial charge in [0.2, 0.25) is 5.75 Å². The molecule has 0 bridgehead atoms. The Morgan fingerprint density at radius 1 is 0.900 bits per heavy atom. The van der Waals surface area contributed by atoms with E-state index in [4.69, 9.17) is 28.7 Å². The van der Waals surface area contributed by atoms with Crippen molar-refractivity contribution in [1.29, 1.82) is 0 Å². The summed E-state index contributed by atoms with van der Waals surface area (Å²) >= 11 is 0. The molecule has 0 atom stereocenters. The second-order valence-electron chi connectivity index (χ2n) is 5.86. The van der Waals surface area contributed by atoms with E-state index in [1.165, 1.54) is 40.6 Å². The Balaban J connectivity index is 0.00000450. The molecule has 0 aromatic heterocycles. The van der Waals surface area contributed by atoms with Crippen molar-refractivity contribution in [2.24, 2.45) is 0 Å². The second kappa shape index (κ2) is 10.7. The molecule has 2 aromatic rings. The molecule has 0 heterocycles. The molecular formula is C18H22F2NaO8P. The molecule has 0 saturated carbocycles. The van der Waals surface area contributed by atoms with Crippen LogP contribution in [0.4, 0.5) is 8.78 Å². The van der Waals surface area contributed by atoms with Crippen LogP contribution in [0.15, 0.2) is 30.3 Å². The smallest absolute Gasteiger partial charge is 1.00 e. The number of alkyl halides is 2. The molecule has 0 aliphatic carbocycles. The molecule has 12 heteroatoms. The van der Waals surface area contributed by atoms with Crippen LogP contribution in [0.1, 0.15) is 12.6 Å². The van der Waals surface area contributed by atoms with E-state index in [9.17, 15) is 13.3 Å². The standard InChI is InChI=1S/C18H21F2O8P.Na.H/c1-24-13-6-5-11(7-14(13)28-29(21,22)23)10-18(19,20)12-8-15(25-2)17(27-4)16(9-12)26-3;;/h5-9H,10H2,1-4H3,(H2,21,22,23);;/q;+1;-1. The van der Waals surface area contributed by atoms with E-state index in [1.54, 1.807) is 0 Å². The normalized spacial score (nSPS) is 11.3. The number of halogens is 2. The summed E-state index contributed by atoms with van der Waals surface area (Å²) in [5, 5.41) is 0. The average Bonchev–Trinajstić information content (AvgIpc) is 2.65. The van der Waals surface area contributed by atoms with Crippen LogP contribution in [0.5, 0.6) is 28.7 Å². The van der Waals surface area contributed by atoms with Crippen LogP contribution in [-0.2, 0) is 16.9 Å². The number of phosphoric ester groups is 1. The Morgan fingerprint density at radius 3 is 1.87 bits per heavy atom. The minimum absolute atomic E-state index is 0. The molecule has 2 aromatic carbocycles. The van der Waals surface area contributed by atoms with Crippen molar-refractivity contribution in [3.05, 3.63) is 41.5 Å². The van der Waals surface area contributed by atoms with Crippen LogP contribution in [0, 0.1) is 0 Å². The van der Waals surface area contributed by atoms with E-state index < -0.39 is 20.2 Å². The van der Waals surface area contributed by atoms with Crippen molar-refractivity contribution in [3.8, 4) is 28.7 Å². The number of phosphoric acid groups is 1. The first-order chi connectivity index (χ1) is 13.5. The molecule has 0 unspecified atom stereocenters. The monoisotopic (exact) mass is 458 g/mol. The van der Waals surface area contributed by atoms with Gasteiger partial charge in [-0.3, -0.25) is 9.79 Å². The van der Waals surface area contributed by atoms with Gasteiger partial charge in [-0.15, -0.1) is 0 Å². The molecule has 0 amide bonds. The van der Waals surface area contributed by atoms with Crippen molar-refractivity contribution in [3.63, 3.8) is 0 Å². The zero-order valence-electron chi connectivity index (χ0n) is 18.1. The van der Waals surface area contributed by atoms with Crippen LogP contribution in [0.25, 0.3) is 0 Å². The van der Waals surface area contributed by atoms with Gasteiger partial charge in [-0.05, 0) is 29.8 Å². The molecule has 8 nitrogen and oxygen atoms in total. The Morgan fingerprint density at radius 2 is 1.43 bits per heavy atom. The Hall–Kier alpha value is -1.55. The predicted octanol–water partition coefficient (Wildman–Crippen LogP) is 0.644. The number of hydrogen-bond donors (Lipinski definition) is 2. The summed E-state index contributed by atoms with van der Waals surface area (Å²) in [6.07, 6.45) is -0.785. The number of benzene rings is 2. The maximum Gasteiger partial charge on any atom is 1.00 e. The van der Waals surface area contributed by atoms with Gasteiger partial charge in [0.05, 0.1) is 28.4 Å². The van der Waals surface area contributed by atoms with Crippen molar-refractivity contribution >= 4 is 7.82 Å². The van der Waals surface area contributed by atoms with E-state index in [0.29, 0.717) is 0 Å². The number of hydrogen-bond acceptors (Lipinski definition) is 6. The quantitative estimate of drug-likeness (QED) is 0.417. The van der Waals surface area contributed by atoms with Crippen LogP contribution in [0.2, 0.25) is 0 Å². The number of methoxy groups -OCH3 is 4. The first-order valence-corrected chi connectivity index (χ1v) is 9.68. The van der Waals surface area contributed by atoms with Gasteiger partial charge in [-0.25, -0.2) is 13.3 Å². The molecule has 0 aliphatic heterocycles. The zero-order chi connectivity index (χ0) is 21.8. The minimum Gasteiger partial charge on any atom is -1.00 e. The van der Waals surface area contributed by atoms with Crippen molar-refractivity contribution < 1.29 is 77.6 Å². The van der Waals surface area contributed by atoms with Gasteiger partial charge in [0, 0.05) is 12.0 Å². The van der Waals surface area contributed by atoms with E-state index in [-0.39, 0.29) is 70.9 Å². The first kappa shape index (κ1) is 26.5. The second-order valence-corrected chi connectivity index (χ2v) is 7.03. The van der Waals surface area contributed by atoms with Gasteiger partial charge in [-0.1, -0.05) is 6.07 Å². The maximum atomic E-state index is 15.0. The molecule has 2 N–H and O–H groups in total. The molecular weight excluding hydrogens is 436 g/mol. The van der Waals surface area contributed by atoms with Crippen molar-refractivity contribution in [1.82, 2.24) is 0 Å². The van der Waals surface area contributed by atoms with Gasteiger partial charge in [0.1, 0.15) is 0 Å². The van der Waals surface area contributed by atoms with Gasteiger partial charge >= 0.3 is 37.4 Å². The third-order valence-electron chi connectivity index (χ3n) is 3.96. The van der Waals surface area contributed by atoms with Gasteiger partial charge < -0.3 is 24.9 Å². The van der Waals surface area contributed by atoms with E-state index in [0.717, 1.165) is 18.2 Å². The predicted molar refractivity (Wildman–Crippen MR) is 100 cm³/mol. The van der Waals surface area contributed by atoms with Crippen LogP contribution >= 0.6 is 7.82 Å². The number of ether oxygens (including phenoxy) is 4. The fourth-order valence-corrected chi connectivity index (χ4v) is 3.08. The zero-order valence-corrected chi connectivity index (χ0v) is 20.0. The fourth-order valence-electron chi connectivity index (χ4n) is 2.68. The van der Waals surface area contributed by atoms with Crippen LogP contribution in [0.3, 0.4) is 0 Å². The van der Waals surface area contributed by atoms with Crippen LogP contribution < -0.4 is 53.0 Å². The first-order valence-electron chi connectivity index (χ1n) is 8.15. The van der Waals surface area contributed by atoms with Gasteiger partial charge in [-0.2, -0.15) is 0 Å². The molecule has 0 radical (unpaired) electrons. The summed E-state index contributed by atoms with van der Waals surface area (Å²) < 4.78 is 65.9. The van der Waals surface area contributed by atoms with Crippen LogP contribution in [-0.4, -0.2) is 38.2 Å². The maximum absolute atomic E-state index is 15.0. The molecule has 2 rings (SSSR count). The molecule has 0 aliphatic rings. The van der Waals surface area contributed by atoms with E-state index in [1.807, 2.05) is 0 Å². The molecule has 162 valence electrons. The Labute approximate surface area is 196 Å². The van der Waals surface area contributed by atoms with E-state index >= 15 is 0 Å². The van der Waals surface area contributed by atoms with Gasteiger partial charge in [0.15, 0.2) is 23.0 Å². The van der Waals surface area contributed by atoms with E-state index in [2.05, 4.69) is 4.52 Å². The summed E-state index contributed by atoms with van der Waals surface area (Å²) in [5.41, 5.74) is -0.326. The topological polar surface area (TPSA) is 104 Å². The third kappa shape index (κ3) is 6.47. The summed E-state index contributed by atoms with van der Waals surface area (Å²) in [5.74, 6) is -3.41. The van der Waals surface area contributed by atoms with Crippen molar-refractivity contribution in [2.75, 3.05) is 28.4 Å². The SMILES string of the molecule is COc1ccc(CC(F)(F)c2cc(OC)c(OC)c(OC)c2)cc1OP(=O)(O)O.[H-].[Na+]. The molecule has 0 fully saturated rings. The summed E-state index contributed by atoms with van der Waals surface area (Å²) in [6.45, 7) is 0. The fraction of sp³-hybridized carbons (Fsp3) is 0.333. The number of rotatable bonds is 9. The van der Waals surface area contributed by atoms with Gasteiger partial charge in [0.25, 0.3) is 5.92 Å². The third-order valence-corrected chi connectivity index (χ3v) is 4.39. The summed E-state index contributed by atoms with van der Waals surface area (Å²) in [4.78, 5) is 18.0. The molecule has 0 spiro atoms. The minimum atomic E-state index is -4.90. The summed E-state index contributed by atoms with van der Waals surface area (Å²) in [7, 11) is 0.341. The Bertz CT molecular complexity index is 900. The average molecular weight is 458 g/mol.